The minimum absolute atomic E-state index is 0.0587. The molecule has 0 aromatic carbocycles. The van der Waals surface area contributed by atoms with Crippen LogP contribution in [0.3, 0.4) is 0 Å². The predicted molar refractivity (Wildman–Crippen MR) is 85.6 cm³/mol. The molecule has 1 saturated heterocycles. The maximum atomic E-state index is 13.8. The minimum atomic E-state index is -4.52. The number of nitrogens with one attached hydrogen (secondary N) is 2. The van der Waals surface area contributed by atoms with E-state index >= 15 is 0 Å². The average molecular weight is 386 g/mol. The lowest BCUT2D eigenvalue weighted by Crippen LogP contribution is -2.40. The third-order valence-corrected chi connectivity index (χ3v) is 4.07. The van der Waals surface area contributed by atoms with Crippen LogP contribution in [0.5, 0.6) is 0 Å². The zero-order valence-corrected chi connectivity index (χ0v) is 13.9. The molecule has 1 aliphatic rings. The van der Waals surface area contributed by atoms with Crippen molar-refractivity contribution in [2.24, 2.45) is 0 Å². The first-order valence-corrected chi connectivity index (χ1v) is 8.07. The topological polar surface area (TPSA) is 66.9 Å². The summed E-state index contributed by atoms with van der Waals surface area (Å²) in [5.41, 5.74) is -0.392. The van der Waals surface area contributed by atoms with Crippen LogP contribution in [-0.2, 0) is 17.5 Å². The van der Waals surface area contributed by atoms with Gasteiger partial charge in [-0.15, -0.1) is 0 Å². The Morgan fingerprint density at radius 3 is 2.67 bits per heavy atom. The Kier molecular flexibility index (Phi) is 5.36. The van der Waals surface area contributed by atoms with Crippen LogP contribution in [0.15, 0.2) is 30.5 Å². The maximum absolute atomic E-state index is 13.8. The molecule has 2 atom stereocenters. The van der Waals surface area contributed by atoms with Crippen LogP contribution in [-0.4, -0.2) is 34.6 Å². The SMILES string of the molecule is O=C(NCc1cc(-c2ccc(C(F)(F)F)cn2)cc(F)n1)C1CC(F)CN1. The summed E-state index contributed by atoms with van der Waals surface area (Å²) >= 11 is 0. The monoisotopic (exact) mass is 386 g/mol. The van der Waals surface area contributed by atoms with Gasteiger partial charge in [0.15, 0.2) is 0 Å². The van der Waals surface area contributed by atoms with Gasteiger partial charge in [0.1, 0.15) is 6.17 Å². The molecule has 0 spiro atoms. The number of aromatic nitrogens is 2. The molecule has 10 heteroatoms. The number of carbonyl (C=O) groups excluding carboxylic acids is 1. The number of rotatable bonds is 4. The van der Waals surface area contributed by atoms with Gasteiger partial charge in [-0.1, -0.05) is 0 Å². The minimum Gasteiger partial charge on any atom is -0.349 e. The highest BCUT2D eigenvalue weighted by atomic mass is 19.4. The lowest BCUT2D eigenvalue weighted by atomic mass is 10.1. The van der Waals surface area contributed by atoms with Crippen LogP contribution < -0.4 is 10.6 Å². The molecule has 1 aliphatic heterocycles. The van der Waals surface area contributed by atoms with Crippen molar-refractivity contribution in [3.05, 3.63) is 47.7 Å². The van der Waals surface area contributed by atoms with Crippen molar-refractivity contribution in [2.75, 3.05) is 6.54 Å². The molecule has 144 valence electrons. The molecule has 5 nitrogen and oxygen atoms in total. The summed E-state index contributed by atoms with van der Waals surface area (Å²) in [5.74, 6) is -1.29. The lowest BCUT2D eigenvalue weighted by molar-refractivity contribution is -0.137. The van der Waals surface area contributed by atoms with E-state index in [4.69, 9.17) is 0 Å². The quantitative estimate of drug-likeness (QED) is 0.626. The number of carbonyl (C=O) groups is 1. The van der Waals surface area contributed by atoms with Crippen molar-refractivity contribution in [1.82, 2.24) is 20.6 Å². The second kappa shape index (κ2) is 7.55. The second-order valence-corrected chi connectivity index (χ2v) is 6.11. The van der Waals surface area contributed by atoms with Crippen LogP contribution in [0.2, 0.25) is 0 Å². The van der Waals surface area contributed by atoms with Gasteiger partial charge in [0, 0.05) is 30.8 Å². The molecule has 1 amide bonds. The number of nitrogens with zero attached hydrogens (tertiary/aromatic N) is 2. The number of alkyl halides is 4. The summed E-state index contributed by atoms with van der Waals surface area (Å²) in [6, 6.07) is 3.77. The molecule has 2 aromatic heterocycles. The van der Waals surface area contributed by atoms with Crippen molar-refractivity contribution >= 4 is 5.91 Å². The Balaban J connectivity index is 1.71. The van der Waals surface area contributed by atoms with E-state index in [2.05, 4.69) is 20.6 Å². The van der Waals surface area contributed by atoms with Crippen LogP contribution in [0.4, 0.5) is 22.0 Å². The zero-order valence-electron chi connectivity index (χ0n) is 13.9. The Bertz CT molecular complexity index is 825. The molecule has 2 unspecified atom stereocenters. The van der Waals surface area contributed by atoms with E-state index in [0.29, 0.717) is 6.20 Å². The van der Waals surface area contributed by atoms with Gasteiger partial charge in [-0.05, 0) is 18.2 Å². The third-order valence-electron chi connectivity index (χ3n) is 4.07. The van der Waals surface area contributed by atoms with Crippen molar-refractivity contribution in [2.45, 2.75) is 31.4 Å². The van der Waals surface area contributed by atoms with Crippen LogP contribution in [0.25, 0.3) is 11.3 Å². The molecule has 0 saturated carbocycles. The van der Waals surface area contributed by atoms with E-state index in [1.165, 1.54) is 6.07 Å². The van der Waals surface area contributed by atoms with Gasteiger partial charge in [-0.3, -0.25) is 9.78 Å². The Morgan fingerprint density at radius 2 is 2.07 bits per heavy atom. The van der Waals surface area contributed by atoms with E-state index in [-0.39, 0.29) is 36.5 Å². The van der Waals surface area contributed by atoms with Crippen molar-refractivity contribution < 1.29 is 26.7 Å². The molecule has 3 heterocycles. The van der Waals surface area contributed by atoms with Gasteiger partial charge in [0.25, 0.3) is 0 Å². The predicted octanol–water partition coefficient (Wildman–Crippen LogP) is 2.62. The van der Waals surface area contributed by atoms with E-state index in [1.807, 2.05) is 0 Å². The standard InChI is InChI=1S/C17H15F5N4O/c18-11-5-14(24-7-11)16(27)25-8-12-3-9(4-15(19)26-12)13-2-1-10(6-23-13)17(20,21)22/h1-4,6,11,14,24H,5,7-8H2,(H,25,27). The van der Waals surface area contributed by atoms with Crippen LogP contribution >= 0.6 is 0 Å². The smallest absolute Gasteiger partial charge is 0.349 e. The summed E-state index contributed by atoms with van der Waals surface area (Å²) in [4.78, 5) is 19.3. The van der Waals surface area contributed by atoms with E-state index < -0.39 is 35.8 Å². The molecule has 1 fully saturated rings. The molecule has 0 bridgehead atoms. The number of amides is 1. The van der Waals surface area contributed by atoms with Crippen molar-refractivity contribution in [3.8, 4) is 11.3 Å². The van der Waals surface area contributed by atoms with E-state index in [0.717, 1.165) is 18.2 Å². The molecule has 0 aliphatic carbocycles. The summed E-state index contributed by atoms with van der Waals surface area (Å²) in [6.45, 7) is -0.0145. The fraction of sp³-hybridized carbons (Fsp3) is 0.353. The van der Waals surface area contributed by atoms with Gasteiger partial charge in [-0.2, -0.15) is 17.6 Å². The Labute approximate surface area is 151 Å². The molecular formula is C17H15F5N4O. The summed E-state index contributed by atoms with van der Waals surface area (Å²) < 4.78 is 64.7. The Hall–Kier alpha value is -2.62. The van der Waals surface area contributed by atoms with Crippen LogP contribution in [0.1, 0.15) is 17.7 Å². The molecule has 27 heavy (non-hydrogen) atoms. The summed E-state index contributed by atoms with van der Waals surface area (Å²) in [5, 5.41) is 5.25. The van der Waals surface area contributed by atoms with Crippen molar-refractivity contribution in [1.29, 1.82) is 0 Å². The first-order chi connectivity index (χ1) is 12.7. The molecule has 2 aromatic rings. The highest BCUT2D eigenvalue weighted by molar-refractivity contribution is 5.82. The summed E-state index contributed by atoms with van der Waals surface area (Å²) in [6.07, 6.45) is -4.89. The average Bonchev–Trinajstić information content (AvgIpc) is 3.05. The maximum Gasteiger partial charge on any atom is 0.417 e. The first kappa shape index (κ1) is 19.2. The van der Waals surface area contributed by atoms with Gasteiger partial charge < -0.3 is 10.6 Å². The number of halogens is 5. The summed E-state index contributed by atoms with van der Waals surface area (Å²) in [7, 11) is 0. The normalized spacial score (nSPS) is 19.9. The zero-order chi connectivity index (χ0) is 19.6. The number of hydrogen-bond donors (Lipinski definition) is 2. The Morgan fingerprint density at radius 1 is 1.30 bits per heavy atom. The third kappa shape index (κ3) is 4.76. The largest absolute Gasteiger partial charge is 0.417 e. The van der Waals surface area contributed by atoms with Gasteiger partial charge in [-0.25, -0.2) is 9.37 Å². The lowest BCUT2D eigenvalue weighted by Gasteiger charge is -2.11. The fourth-order valence-corrected chi connectivity index (χ4v) is 2.72. The second-order valence-electron chi connectivity index (χ2n) is 6.11. The highest BCUT2D eigenvalue weighted by Crippen LogP contribution is 2.29. The molecule has 3 rings (SSSR count). The van der Waals surface area contributed by atoms with Crippen molar-refractivity contribution in [3.63, 3.8) is 0 Å². The van der Waals surface area contributed by atoms with E-state index in [1.54, 1.807) is 0 Å². The van der Waals surface area contributed by atoms with Gasteiger partial charge in [0.05, 0.1) is 29.5 Å². The number of pyridine rings is 2. The fourth-order valence-electron chi connectivity index (χ4n) is 2.72. The highest BCUT2D eigenvalue weighted by Gasteiger charge is 2.31. The van der Waals surface area contributed by atoms with E-state index in [9.17, 15) is 26.7 Å². The first-order valence-electron chi connectivity index (χ1n) is 8.07. The van der Waals surface area contributed by atoms with Gasteiger partial charge in [0.2, 0.25) is 11.9 Å². The number of hydrogen-bond acceptors (Lipinski definition) is 4. The molecule has 0 radical (unpaired) electrons. The molecule has 2 N–H and O–H groups in total. The van der Waals surface area contributed by atoms with Crippen LogP contribution in [0, 0.1) is 5.95 Å². The van der Waals surface area contributed by atoms with Gasteiger partial charge >= 0.3 is 6.18 Å². The molecular weight excluding hydrogens is 371 g/mol.